The molecular formula is C16H15FN4O2. The number of aromatic amines is 2. The number of fused-ring (bicyclic) bond motifs is 1. The lowest BCUT2D eigenvalue weighted by Gasteiger charge is -2.03. The van der Waals surface area contributed by atoms with Crippen LogP contribution in [0.1, 0.15) is 22.7 Å². The van der Waals surface area contributed by atoms with Crippen molar-refractivity contribution in [1.82, 2.24) is 20.3 Å². The summed E-state index contributed by atoms with van der Waals surface area (Å²) in [7, 11) is 0. The molecule has 23 heavy (non-hydrogen) atoms. The number of amides is 1. The van der Waals surface area contributed by atoms with Gasteiger partial charge in [0.05, 0.1) is 11.0 Å². The highest BCUT2D eigenvalue weighted by Gasteiger charge is 2.06. The van der Waals surface area contributed by atoms with Crippen molar-refractivity contribution in [1.29, 1.82) is 0 Å². The van der Waals surface area contributed by atoms with Gasteiger partial charge >= 0.3 is 0 Å². The molecule has 0 atom stereocenters. The molecule has 7 heteroatoms. The Balaban J connectivity index is 1.52. The van der Waals surface area contributed by atoms with Gasteiger partial charge in [-0.05, 0) is 30.7 Å². The molecule has 2 aromatic heterocycles. The van der Waals surface area contributed by atoms with Crippen molar-refractivity contribution in [3.63, 3.8) is 0 Å². The predicted octanol–water partition coefficient (Wildman–Crippen LogP) is 1.75. The fourth-order valence-electron chi connectivity index (χ4n) is 2.29. The number of aryl methyl sites for hydroxylation is 1. The van der Waals surface area contributed by atoms with E-state index >= 15 is 0 Å². The van der Waals surface area contributed by atoms with E-state index in [1.165, 1.54) is 24.3 Å². The third kappa shape index (κ3) is 3.63. The fraction of sp³-hybridized carbons (Fsp3) is 0.188. The molecule has 1 amide bonds. The number of carbonyl (C=O) groups excluding carboxylic acids is 1. The van der Waals surface area contributed by atoms with Crippen LogP contribution in [0.2, 0.25) is 0 Å². The van der Waals surface area contributed by atoms with E-state index in [0.29, 0.717) is 30.4 Å². The maximum Gasteiger partial charge on any atom is 0.267 e. The Morgan fingerprint density at radius 1 is 1.22 bits per heavy atom. The number of halogens is 1. The van der Waals surface area contributed by atoms with Gasteiger partial charge in [-0.3, -0.25) is 9.59 Å². The van der Waals surface area contributed by atoms with Gasteiger partial charge in [0.2, 0.25) is 5.56 Å². The molecule has 0 aliphatic carbocycles. The standard InChI is InChI=1S/C16H15FN4O2/c17-10-6-7-11-13(9-10)20-14(19-11)4-2-8-18-16(23)12-3-1-5-15(22)21-12/h1,3,5-7,9H,2,4,8H2,(H,18,23)(H,19,20)(H,21,22). The van der Waals surface area contributed by atoms with Crippen molar-refractivity contribution in [3.05, 3.63) is 64.1 Å². The van der Waals surface area contributed by atoms with Gasteiger partial charge in [0.25, 0.3) is 5.91 Å². The zero-order valence-corrected chi connectivity index (χ0v) is 12.2. The first kappa shape index (κ1) is 15.0. The van der Waals surface area contributed by atoms with Gasteiger partial charge in [-0.1, -0.05) is 6.07 Å². The van der Waals surface area contributed by atoms with Crippen LogP contribution in [0.4, 0.5) is 4.39 Å². The third-order valence-electron chi connectivity index (χ3n) is 3.38. The second-order valence-corrected chi connectivity index (χ2v) is 5.13. The number of carbonyl (C=O) groups is 1. The molecule has 0 radical (unpaired) electrons. The summed E-state index contributed by atoms with van der Waals surface area (Å²) in [6, 6.07) is 8.82. The number of pyridine rings is 1. The number of hydrogen-bond donors (Lipinski definition) is 3. The Bertz CT molecular complexity index is 900. The molecule has 3 rings (SSSR count). The van der Waals surface area contributed by atoms with Crippen LogP contribution in [0.5, 0.6) is 0 Å². The molecule has 118 valence electrons. The van der Waals surface area contributed by atoms with Crippen LogP contribution < -0.4 is 10.9 Å². The van der Waals surface area contributed by atoms with Crippen molar-refractivity contribution in [2.75, 3.05) is 6.54 Å². The van der Waals surface area contributed by atoms with Crippen LogP contribution in [0.3, 0.4) is 0 Å². The monoisotopic (exact) mass is 314 g/mol. The molecule has 0 spiro atoms. The molecule has 0 saturated heterocycles. The van der Waals surface area contributed by atoms with Gasteiger partial charge < -0.3 is 15.3 Å². The Morgan fingerprint density at radius 3 is 2.91 bits per heavy atom. The van der Waals surface area contributed by atoms with E-state index in [2.05, 4.69) is 20.3 Å². The average molecular weight is 314 g/mol. The Labute approximate surface area is 130 Å². The summed E-state index contributed by atoms with van der Waals surface area (Å²) in [5, 5.41) is 2.73. The number of nitrogens with zero attached hydrogens (tertiary/aromatic N) is 1. The highest BCUT2D eigenvalue weighted by molar-refractivity contribution is 5.92. The normalized spacial score (nSPS) is 10.8. The Kier molecular flexibility index (Phi) is 4.18. The summed E-state index contributed by atoms with van der Waals surface area (Å²) in [6.45, 7) is 0.446. The van der Waals surface area contributed by atoms with Crippen molar-refractivity contribution < 1.29 is 9.18 Å². The number of H-pyrrole nitrogens is 2. The zero-order chi connectivity index (χ0) is 16.2. The lowest BCUT2D eigenvalue weighted by Crippen LogP contribution is -2.27. The SMILES string of the molecule is O=C(NCCCc1nc2ccc(F)cc2[nH]1)c1cccc(=O)[nH]1. The van der Waals surface area contributed by atoms with E-state index < -0.39 is 0 Å². The molecule has 0 bridgehead atoms. The second kappa shape index (κ2) is 6.43. The molecule has 1 aromatic carbocycles. The van der Waals surface area contributed by atoms with Crippen molar-refractivity contribution in [2.45, 2.75) is 12.8 Å². The molecule has 0 aliphatic rings. The molecule has 3 aromatic rings. The van der Waals surface area contributed by atoms with Gasteiger partial charge in [-0.2, -0.15) is 0 Å². The molecule has 0 unspecified atom stereocenters. The van der Waals surface area contributed by atoms with Gasteiger partial charge in [-0.25, -0.2) is 9.37 Å². The summed E-state index contributed by atoms with van der Waals surface area (Å²) in [4.78, 5) is 32.9. The molecular weight excluding hydrogens is 299 g/mol. The number of imidazole rings is 1. The number of hydrogen-bond acceptors (Lipinski definition) is 3. The lowest BCUT2D eigenvalue weighted by atomic mass is 10.3. The van der Waals surface area contributed by atoms with Crippen LogP contribution >= 0.6 is 0 Å². The maximum atomic E-state index is 13.1. The Hall–Kier alpha value is -2.96. The van der Waals surface area contributed by atoms with Crippen LogP contribution in [0.25, 0.3) is 11.0 Å². The molecule has 0 aliphatic heterocycles. The largest absolute Gasteiger partial charge is 0.351 e. The highest BCUT2D eigenvalue weighted by Crippen LogP contribution is 2.13. The van der Waals surface area contributed by atoms with Crippen molar-refractivity contribution >= 4 is 16.9 Å². The van der Waals surface area contributed by atoms with Crippen LogP contribution in [-0.4, -0.2) is 27.4 Å². The van der Waals surface area contributed by atoms with Crippen LogP contribution in [-0.2, 0) is 6.42 Å². The predicted molar refractivity (Wildman–Crippen MR) is 83.8 cm³/mol. The minimum atomic E-state index is -0.325. The molecule has 2 heterocycles. The summed E-state index contributed by atoms with van der Waals surface area (Å²) in [5.74, 6) is 0.110. The quantitative estimate of drug-likeness (QED) is 0.627. The first-order valence-corrected chi connectivity index (χ1v) is 7.23. The van der Waals surface area contributed by atoms with Crippen molar-refractivity contribution in [3.8, 4) is 0 Å². The highest BCUT2D eigenvalue weighted by atomic mass is 19.1. The first-order valence-electron chi connectivity index (χ1n) is 7.23. The fourth-order valence-corrected chi connectivity index (χ4v) is 2.29. The van der Waals surface area contributed by atoms with Crippen molar-refractivity contribution in [2.24, 2.45) is 0 Å². The molecule has 6 nitrogen and oxygen atoms in total. The third-order valence-corrected chi connectivity index (χ3v) is 3.38. The summed E-state index contributed by atoms with van der Waals surface area (Å²) in [6.07, 6.45) is 1.30. The minimum absolute atomic E-state index is 0.233. The lowest BCUT2D eigenvalue weighted by molar-refractivity contribution is 0.0948. The van der Waals surface area contributed by atoms with E-state index in [0.717, 1.165) is 5.82 Å². The Morgan fingerprint density at radius 2 is 2.09 bits per heavy atom. The number of benzene rings is 1. The topological polar surface area (TPSA) is 90.6 Å². The summed E-state index contributed by atoms with van der Waals surface area (Å²) in [5.41, 5.74) is 1.29. The van der Waals surface area contributed by atoms with E-state index in [1.54, 1.807) is 12.1 Å². The maximum absolute atomic E-state index is 13.1. The summed E-state index contributed by atoms with van der Waals surface area (Å²) < 4.78 is 13.1. The van der Waals surface area contributed by atoms with E-state index in [9.17, 15) is 14.0 Å². The van der Waals surface area contributed by atoms with Gasteiger partial charge in [0.1, 0.15) is 17.3 Å². The van der Waals surface area contributed by atoms with E-state index in [1.807, 2.05) is 0 Å². The summed E-state index contributed by atoms with van der Waals surface area (Å²) >= 11 is 0. The van der Waals surface area contributed by atoms with Gasteiger partial charge in [-0.15, -0.1) is 0 Å². The van der Waals surface area contributed by atoms with Gasteiger partial charge in [0, 0.05) is 19.0 Å². The van der Waals surface area contributed by atoms with E-state index in [4.69, 9.17) is 0 Å². The number of rotatable bonds is 5. The molecule has 0 fully saturated rings. The van der Waals surface area contributed by atoms with Crippen LogP contribution in [0.15, 0.2) is 41.2 Å². The smallest absolute Gasteiger partial charge is 0.267 e. The second-order valence-electron chi connectivity index (χ2n) is 5.13. The van der Waals surface area contributed by atoms with Crippen LogP contribution in [0, 0.1) is 5.82 Å². The molecule has 0 saturated carbocycles. The first-order chi connectivity index (χ1) is 11.1. The molecule has 3 N–H and O–H groups in total. The average Bonchev–Trinajstić information content (AvgIpc) is 2.93. The zero-order valence-electron chi connectivity index (χ0n) is 12.2. The number of aromatic nitrogens is 3. The number of nitrogens with one attached hydrogen (secondary N) is 3. The van der Waals surface area contributed by atoms with E-state index in [-0.39, 0.29) is 23.0 Å². The van der Waals surface area contributed by atoms with Gasteiger partial charge in [0.15, 0.2) is 0 Å². The minimum Gasteiger partial charge on any atom is -0.351 e.